The van der Waals surface area contributed by atoms with Gasteiger partial charge in [-0.3, -0.25) is 10.1 Å². The molecule has 23 heavy (non-hydrogen) atoms. The molecule has 0 fully saturated rings. The maximum absolute atomic E-state index is 10.9. The summed E-state index contributed by atoms with van der Waals surface area (Å²) in [4.78, 5) is 14.6. The highest BCUT2D eigenvalue weighted by Crippen LogP contribution is 2.29. The van der Waals surface area contributed by atoms with E-state index >= 15 is 0 Å². The van der Waals surface area contributed by atoms with Gasteiger partial charge in [-0.1, -0.05) is 40.5 Å². The highest BCUT2D eigenvalue weighted by molar-refractivity contribution is 6.32. The van der Waals surface area contributed by atoms with Crippen LogP contribution < -0.4 is 0 Å². The van der Waals surface area contributed by atoms with Crippen molar-refractivity contribution in [2.24, 2.45) is 0 Å². The Kier molecular flexibility index (Phi) is 4.27. The lowest BCUT2D eigenvalue weighted by atomic mass is 10.1. The van der Waals surface area contributed by atoms with Gasteiger partial charge in [-0.15, -0.1) is 0 Å². The Bertz CT molecular complexity index is 863. The average molecular weight is 350 g/mol. The Hall–Kier alpha value is -2.44. The topological polar surface area (TPSA) is 82.1 Å². The van der Waals surface area contributed by atoms with Crippen molar-refractivity contribution in [3.63, 3.8) is 0 Å². The van der Waals surface area contributed by atoms with Crippen LogP contribution in [0.2, 0.25) is 10.0 Å². The van der Waals surface area contributed by atoms with Crippen LogP contribution in [0.15, 0.2) is 47.0 Å². The second-order valence-electron chi connectivity index (χ2n) is 4.74. The molecular formula is C15H9Cl2N3O3. The van der Waals surface area contributed by atoms with Gasteiger partial charge in [0.1, 0.15) is 5.02 Å². The summed E-state index contributed by atoms with van der Waals surface area (Å²) in [5.41, 5.74) is 1.21. The minimum Gasteiger partial charge on any atom is -0.334 e. The van der Waals surface area contributed by atoms with E-state index in [2.05, 4.69) is 10.1 Å². The number of hydrogen-bond acceptors (Lipinski definition) is 5. The normalized spacial score (nSPS) is 10.7. The second-order valence-corrected chi connectivity index (χ2v) is 5.59. The summed E-state index contributed by atoms with van der Waals surface area (Å²) in [5.74, 6) is 0.675. The summed E-state index contributed by atoms with van der Waals surface area (Å²) >= 11 is 11.6. The molecule has 8 heteroatoms. The van der Waals surface area contributed by atoms with Crippen LogP contribution in [0, 0.1) is 10.1 Å². The molecule has 116 valence electrons. The van der Waals surface area contributed by atoms with Gasteiger partial charge in [0.05, 0.1) is 4.92 Å². The maximum atomic E-state index is 10.9. The molecule has 3 rings (SSSR count). The van der Waals surface area contributed by atoms with E-state index in [0.717, 1.165) is 5.56 Å². The molecule has 0 unspecified atom stereocenters. The number of halogens is 2. The van der Waals surface area contributed by atoms with Crippen LogP contribution in [0.3, 0.4) is 0 Å². The standard InChI is InChI=1S/C15H9Cl2N3O3/c16-11-4-1-9(2-5-11)7-14-18-15(23-19-14)10-3-6-12(17)13(8-10)20(21)22/h1-6,8H,7H2. The lowest BCUT2D eigenvalue weighted by Crippen LogP contribution is -1.91. The zero-order chi connectivity index (χ0) is 16.4. The Morgan fingerprint density at radius 3 is 2.57 bits per heavy atom. The molecular weight excluding hydrogens is 341 g/mol. The molecule has 0 aliphatic heterocycles. The first kappa shape index (κ1) is 15.5. The monoisotopic (exact) mass is 349 g/mol. The fourth-order valence-electron chi connectivity index (χ4n) is 2.01. The van der Waals surface area contributed by atoms with E-state index in [9.17, 15) is 10.1 Å². The molecule has 0 saturated heterocycles. The summed E-state index contributed by atoms with van der Waals surface area (Å²) in [6.07, 6.45) is 0.469. The van der Waals surface area contributed by atoms with Gasteiger partial charge in [0.2, 0.25) is 0 Å². The van der Waals surface area contributed by atoms with Crippen LogP contribution in [-0.2, 0) is 6.42 Å². The van der Waals surface area contributed by atoms with Crippen LogP contribution in [0.4, 0.5) is 5.69 Å². The zero-order valence-electron chi connectivity index (χ0n) is 11.6. The van der Waals surface area contributed by atoms with Gasteiger partial charge in [-0.05, 0) is 29.8 Å². The fourth-order valence-corrected chi connectivity index (χ4v) is 2.33. The summed E-state index contributed by atoms with van der Waals surface area (Å²) in [6.45, 7) is 0. The number of nitrogens with zero attached hydrogens (tertiary/aromatic N) is 3. The molecule has 0 saturated carbocycles. The number of nitro benzene ring substituents is 1. The smallest absolute Gasteiger partial charge is 0.288 e. The van der Waals surface area contributed by atoms with E-state index in [0.29, 0.717) is 22.8 Å². The largest absolute Gasteiger partial charge is 0.334 e. The summed E-state index contributed by atoms with van der Waals surface area (Å²) in [7, 11) is 0. The van der Waals surface area contributed by atoms with Crippen molar-refractivity contribution in [3.05, 3.63) is 74.0 Å². The van der Waals surface area contributed by atoms with E-state index < -0.39 is 4.92 Å². The molecule has 0 atom stereocenters. The lowest BCUT2D eigenvalue weighted by molar-refractivity contribution is -0.384. The first-order chi connectivity index (χ1) is 11.0. The van der Waals surface area contributed by atoms with Crippen LogP contribution in [0.1, 0.15) is 11.4 Å². The first-order valence-corrected chi connectivity index (χ1v) is 7.30. The Morgan fingerprint density at radius 2 is 1.87 bits per heavy atom. The average Bonchev–Trinajstić information content (AvgIpc) is 2.98. The van der Waals surface area contributed by atoms with Crippen LogP contribution >= 0.6 is 23.2 Å². The van der Waals surface area contributed by atoms with Gasteiger partial charge >= 0.3 is 0 Å². The summed E-state index contributed by atoms with van der Waals surface area (Å²) in [5, 5.41) is 15.5. The second kappa shape index (κ2) is 6.36. The molecule has 6 nitrogen and oxygen atoms in total. The molecule has 0 spiro atoms. The van der Waals surface area contributed by atoms with E-state index in [4.69, 9.17) is 27.7 Å². The van der Waals surface area contributed by atoms with Gasteiger partial charge in [0.15, 0.2) is 5.82 Å². The number of rotatable bonds is 4. The molecule has 0 N–H and O–H groups in total. The summed E-state index contributed by atoms with van der Waals surface area (Å²) < 4.78 is 5.17. The van der Waals surface area contributed by atoms with Gasteiger partial charge in [0.25, 0.3) is 11.6 Å². The minimum absolute atomic E-state index is 0.0552. The number of hydrogen-bond donors (Lipinski definition) is 0. The molecule has 2 aromatic carbocycles. The van der Waals surface area contributed by atoms with Crippen molar-refractivity contribution in [3.8, 4) is 11.5 Å². The predicted octanol–water partition coefficient (Wildman–Crippen LogP) is 4.54. The van der Waals surface area contributed by atoms with Crippen molar-refractivity contribution in [1.29, 1.82) is 0 Å². The highest BCUT2D eigenvalue weighted by atomic mass is 35.5. The van der Waals surface area contributed by atoms with Gasteiger partial charge < -0.3 is 4.52 Å². The third kappa shape index (κ3) is 3.49. The molecule has 1 heterocycles. The van der Waals surface area contributed by atoms with E-state index in [1.54, 1.807) is 18.2 Å². The quantitative estimate of drug-likeness (QED) is 0.509. The lowest BCUT2D eigenvalue weighted by Gasteiger charge is -1.97. The van der Waals surface area contributed by atoms with Crippen molar-refractivity contribution in [2.45, 2.75) is 6.42 Å². The Labute approximate surface area is 140 Å². The number of nitro groups is 1. The predicted molar refractivity (Wildman–Crippen MR) is 85.7 cm³/mol. The van der Waals surface area contributed by atoms with Crippen molar-refractivity contribution in [2.75, 3.05) is 0 Å². The zero-order valence-corrected chi connectivity index (χ0v) is 13.1. The molecule has 0 radical (unpaired) electrons. The van der Waals surface area contributed by atoms with Crippen molar-refractivity contribution >= 4 is 28.9 Å². The summed E-state index contributed by atoms with van der Waals surface area (Å²) in [6, 6.07) is 11.6. The van der Waals surface area contributed by atoms with Crippen LogP contribution in [-0.4, -0.2) is 15.1 Å². The van der Waals surface area contributed by atoms with Crippen molar-refractivity contribution < 1.29 is 9.45 Å². The van der Waals surface area contributed by atoms with E-state index in [1.165, 1.54) is 12.1 Å². The molecule has 1 aromatic heterocycles. The Balaban J connectivity index is 1.85. The van der Waals surface area contributed by atoms with Crippen molar-refractivity contribution in [1.82, 2.24) is 10.1 Å². The van der Waals surface area contributed by atoms with Crippen LogP contribution in [0.25, 0.3) is 11.5 Å². The molecule has 0 aliphatic rings. The highest BCUT2D eigenvalue weighted by Gasteiger charge is 2.17. The molecule has 0 bridgehead atoms. The van der Waals surface area contributed by atoms with Gasteiger partial charge in [0, 0.05) is 23.1 Å². The first-order valence-electron chi connectivity index (χ1n) is 6.54. The minimum atomic E-state index is -0.559. The molecule has 3 aromatic rings. The van der Waals surface area contributed by atoms with Gasteiger partial charge in [-0.2, -0.15) is 4.98 Å². The molecule has 0 aliphatic carbocycles. The van der Waals surface area contributed by atoms with E-state index in [-0.39, 0.29) is 16.6 Å². The maximum Gasteiger partial charge on any atom is 0.288 e. The molecule has 0 amide bonds. The third-order valence-electron chi connectivity index (χ3n) is 3.13. The van der Waals surface area contributed by atoms with Crippen LogP contribution in [0.5, 0.6) is 0 Å². The van der Waals surface area contributed by atoms with E-state index in [1.807, 2.05) is 12.1 Å². The fraction of sp³-hybridized carbons (Fsp3) is 0.0667. The SMILES string of the molecule is O=[N+]([O-])c1cc(-c2nc(Cc3ccc(Cl)cc3)no2)ccc1Cl. The Morgan fingerprint density at radius 1 is 1.13 bits per heavy atom. The van der Waals surface area contributed by atoms with Gasteiger partial charge in [-0.25, -0.2) is 0 Å². The number of aromatic nitrogens is 2. The third-order valence-corrected chi connectivity index (χ3v) is 3.70. The number of benzene rings is 2.